The highest BCUT2D eigenvalue weighted by Crippen LogP contribution is 2.18. The Bertz CT molecular complexity index is 636. The number of anilines is 1. The highest BCUT2D eigenvalue weighted by molar-refractivity contribution is 5.60. The molecule has 2 aromatic heterocycles. The second-order valence-corrected chi connectivity index (χ2v) is 3.83. The lowest BCUT2D eigenvalue weighted by molar-refractivity contribution is 0.789. The minimum Gasteiger partial charge on any atom is -0.378 e. The molecule has 3 rings (SSSR count). The molecule has 0 saturated carbocycles. The molecule has 1 N–H and O–H groups in total. The van der Waals surface area contributed by atoms with Gasteiger partial charge in [0.1, 0.15) is 12.7 Å². The molecule has 0 spiro atoms. The van der Waals surface area contributed by atoms with Gasteiger partial charge < -0.3 is 5.32 Å². The quantitative estimate of drug-likeness (QED) is 0.748. The van der Waals surface area contributed by atoms with Crippen molar-refractivity contribution in [1.29, 1.82) is 0 Å². The van der Waals surface area contributed by atoms with Crippen LogP contribution in [-0.4, -0.2) is 30.2 Å². The third kappa shape index (κ3) is 2.54. The topological polar surface area (TPSA) is 81.4 Å². The fourth-order valence-electron chi connectivity index (χ4n) is 1.70. The van der Waals surface area contributed by atoms with E-state index in [9.17, 15) is 0 Å². The summed E-state index contributed by atoms with van der Waals surface area (Å²) in [5.74, 6) is 0. The number of tetrazole rings is 1. The van der Waals surface area contributed by atoms with Gasteiger partial charge in [-0.1, -0.05) is 12.1 Å². The maximum absolute atomic E-state index is 4.17. The van der Waals surface area contributed by atoms with E-state index in [1.807, 2.05) is 30.3 Å². The van der Waals surface area contributed by atoms with E-state index < -0.39 is 0 Å². The molecule has 0 aliphatic heterocycles. The maximum Gasteiger partial charge on any atom is 0.143 e. The summed E-state index contributed by atoms with van der Waals surface area (Å²) in [6.45, 7) is 0.613. The van der Waals surface area contributed by atoms with Gasteiger partial charge in [-0.05, 0) is 28.6 Å². The van der Waals surface area contributed by atoms with Gasteiger partial charge in [0.2, 0.25) is 0 Å². The molecular formula is C12H11N7. The largest absolute Gasteiger partial charge is 0.378 e. The highest BCUT2D eigenvalue weighted by Gasteiger charge is 2.04. The summed E-state index contributed by atoms with van der Waals surface area (Å²) in [6, 6.07) is 9.67. The lowest BCUT2D eigenvalue weighted by atomic mass is 10.2. The highest BCUT2D eigenvalue weighted by atomic mass is 15.5. The van der Waals surface area contributed by atoms with Crippen LogP contribution >= 0.6 is 0 Å². The van der Waals surface area contributed by atoms with E-state index in [1.165, 1.54) is 6.33 Å². The standard InChI is InChI=1S/C12H11N7/c1-2-4-12(19-9-16-17-18-19)11(3-1)14-7-10-5-6-13-8-15-10/h1-6,8-9,14H,7H2. The Labute approximate surface area is 109 Å². The average Bonchev–Trinajstić information content (AvgIpc) is 3.01. The zero-order chi connectivity index (χ0) is 12.9. The number of hydrogen-bond donors (Lipinski definition) is 1. The Morgan fingerprint density at radius 2 is 2.11 bits per heavy atom. The monoisotopic (exact) mass is 253 g/mol. The molecule has 0 fully saturated rings. The molecule has 1 aromatic carbocycles. The average molecular weight is 253 g/mol. The Morgan fingerprint density at radius 3 is 2.89 bits per heavy atom. The number of nitrogens with zero attached hydrogens (tertiary/aromatic N) is 6. The van der Waals surface area contributed by atoms with Gasteiger partial charge in [0.15, 0.2) is 0 Å². The van der Waals surface area contributed by atoms with E-state index in [4.69, 9.17) is 0 Å². The van der Waals surface area contributed by atoms with Crippen LogP contribution in [0.2, 0.25) is 0 Å². The van der Waals surface area contributed by atoms with Gasteiger partial charge in [-0.3, -0.25) is 0 Å². The Morgan fingerprint density at radius 1 is 1.16 bits per heavy atom. The van der Waals surface area contributed by atoms with Crippen LogP contribution in [-0.2, 0) is 6.54 Å². The fourth-order valence-corrected chi connectivity index (χ4v) is 1.70. The molecule has 0 bridgehead atoms. The SMILES string of the molecule is c1ccc(-n2cnnn2)c(NCc2ccncn2)c1. The minimum absolute atomic E-state index is 0.613. The van der Waals surface area contributed by atoms with E-state index >= 15 is 0 Å². The predicted molar refractivity (Wildman–Crippen MR) is 68.5 cm³/mol. The molecule has 3 aromatic rings. The zero-order valence-electron chi connectivity index (χ0n) is 10.0. The molecule has 0 saturated heterocycles. The summed E-state index contributed by atoms with van der Waals surface area (Å²) in [5.41, 5.74) is 2.75. The fraction of sp³-hybridized carbons (Fsp3) is 0.0833. The number of para-hydroxylation sites is 2. The van der Waals surface area contributed by atoms with Gasteiger partial charge in [0.05, 0.1) is 23.6 Å². The van der Waals surface area contributed by atoms with Crippen LogP contribution in [0, 0.1) is 0 Å². The summed E-state index contributed by atoms with van der Waals surface area (Å²) >= 11 is 0. The first kappa shape index (κ1) is 11.3. The van der Waals surface area contributed by atoms with Gasteiger partial charge in [-0.2, -0.15) is 4.68 Å². The molecular weight excluding hydrogens is 242 g/mol. The molecule has 0 unspecified atom stereocenters. The molecule has 19 heavy (non-hydrogen) atoms. The predicted octanol–water partition coefficient (Wildman–Crippen LogP) is 1.06. The molecule has 0 aliphatic rings. The molecule has 0 radical (unpaired) electrons. The number of aromatic nitrogens is 6. The molecule has 0 amide bonds. The van der Waals surface area contributed by atoms with Crippen molar-refractivity contribution in [2.24, 2.45) is 0 Å². The van der Waals surface area contributed by atoms with Crippen LogP contribution in [0.1, 0.15) is 5.69 Å². The van der Waals surface area contributed by atoms with E-state index in [2.05, 4.69) is 30.8 Å². The normalized spacial score (nSPS) is 10.3. The molecule has 7 nitrogen and oxygen atoms in total. The summed E-state index contributed by atoms with van der Waals surface area (Å²) in [5, 5.41) is 14.5. The van der Waals surface area contributed by atoms with Gasteiger partial charge in [-0.25, -0.2) is 9.97 Å². The van der Waals surface area contributed by atoms with Gasteiger partial charge in [0.25, 0.3) is 0 Å². The third-order valence-corrected chi connectivity index (χ3v) is 2.60. The lowest BCUT2D eigenvalue weighted by Crippen LogP contribution is -2.06. The van der Waals surface area contributed by atoms with E-state index in [0.29, 0.717) is 6.54 Å². The first-order chi connectivity index (χ1) is 9.43. The first-order valence-electron chi connectivity index (χ1n) is 5.74. The van der Waals surface area contributed by atoms with Crippen LogP contribution in [0.25, 0.3) is 5.69 Å². The maximum atomic E-state index is 4.17. The van der Waals surface area contributed by atoms with Crippen molar-refractivity contribution in [2.45, 2.75) is 6.54 Å². The van der Waals surface area contributed by atoms with Crippen LogP contribution in [0.5, 0.6) is 0 Å². The lowest BCUT2D eigenvalue weighted by Gasteiger charge is -2.10. The summed E-state index contributed by atoms with van der Waals surface area (Å²) in [4.78, 5) is 8.05. The smallest absolute Gasteiger partial charge is 0.143 e. The van der Waals surface area contributed by atoms with Crippen molar-refractivity contribution >= 4 is 5.69 Å². The van der Waals surface area contributed by atoms with Crippen molar-refractivity contribution in [2.75, 3.05) is 5.32 Å². The number of benzene rings is 1. The number of rotatable bonds is 4. The van der Waals surface area contributed by atoms with Crippen molar-refractivity contribution in [1.82, 2.24) is 30.2 Å². The van der Waals surface area contributed by atoms with Gasteiger partial charge >= 0.3 is 0 Å². The molecule has 0 atom stereocenters. The van der Waals surface area contributed by atoms with Gasteiger partial charge in [-0.15, -0.1) is 5.10 Å². The second kappa shape index (κ2) is 5.21. The van der Waals surface area contributed by atoms with Crippen molar-refractivity contribution < 1.29 is 0 Å². The molecule has 94 valence electrons. The number of nitrogens with one attached hydrogen (secondary N) is 1. The zero-order valence-corrected chi connectivity index (χ0v) is 10.0. The van der Waals surface area contributed by atoms with E-state index in [-0.39, 0.29) is 0 Å². The second-order valence-electron chi connectivity index (χ2n) is 3.83. The van der Waals surface area contributed by atoms with Crippen LogP contribution in [0.3, 0.4) is 0 Å². The Hall–Kier alpha value is -2.83. The van der Waals surface area contributed by atoms with Crippen LogP contribution < -0.4 is 5.32 Å². The van der Waals surface area contributed by atoms with Crippen molar-refractivity contribution in [3.63, 3.8) is 0 Å². The Balaban J connectivity index is 1.82. The Kier molecular flexibility index (Phi) is 3.09. The molecule has 2 heterocycles. The van der Waals surface area contributed by atoms with Crippen molar-refractivity contribution in [3.05, 3.63) is 54.9 Å². The van der Waals surface area contributed by atoms with E-state index in [1.54, 1.807) is 17.2 Å². The first-order valence-corrected chi connectivity index (χ1v) is 5.74. The van der Waals surface area contributed by atoms with Crippen molar-refractivity contribution in [3.8, 4) is 5.69 Å². The number of hydrogen-bond acceptors (Lipinski definition) is 6. The third-order valence-electron chi connectivity index (χ3n) is 2.60. The molecule has 0 aliphatic carbocycles. The molecule has 7 heteroatoms. The summed E-state index contributed by atoms with van der Waals surface area (Å²) in [7, 11) is 0. The van der Waals surface area contributed by atoms with E-state index in [0.717, 1.165) is 17.1 Å². The van der Waals surface area contributed by atoms with Crippen LogP contribution in [0.4, 0.5) is 5.69 Å². The summed E-state index contributed by atoms with van der Waals surface area (Å²) < 4.78 is 1.61. The minimum atomic E-state index is 0.613. The van der Waals surface area contributed by atoms with Crippen LogP contribution in [0.15, 0.2) is 49.2 Å². The summed E-state index contributed by atoms with van der Waals surface area (Å²) in [6.07, 6.45) is 4.81. The van der Waals surface area contributed by atoms with Gasteiger partial charge in [0, 0.05) is 6.20 Å².